The Bertz CT molecular complexity index is 949. The predicted octanol–water partition coefficient (Wildman–Crippen LogP) is 3.49. The van der Waals surface area contributed by atoms with Gasteiger partial charge in [-0.1, -0.05) is 53.7 Å². The van der Waals surface area contributed by atoms with Gasteiger partial charge < -0.3 is 9.64 Å². The minimum Gasteiger partial charge on any atom is -0.493 e. The van der Waals surface area contributed by atoms with Gasteiger partial charge in [0.2, 0.25) is 0 Å². The molecule has 2 aromatic rings. The molecule has 28 heavy (non-hydrogen) atoms. The molecule has 2 heterocycles. The Morgan fingerprint density at radius 2 is 1.86 bits per heavy atom. The van der Waals surface area contributed by atoms with Crippen molar-refractivity contribution in [2.45, 2.75) is 18.6 Å². The Kier molecular flexibility index (Phi) is 5.85. The molecule has 2 aliphatic rings. The molecule has 0 N–H and O–H groups in total. The highest BCUT2D eigenvalue weighted by atomic mass is 35.5. The van der Waals surface area contributed by atoms with Crippen LogP contribution < -0.4 is 4.74 Å². The third-order valence-electron chi connectivity index (χ3n) is 4.81. The molecule has 0 aliphatic carbocycles. The number of sulfone groups is 1. The number of benzene rings is 2. The Balaban J connectivity index is 1.42. The van der Waals surface area contributed by atoms with Crippen molar-refractivity contribution in [2.24, 2.45) is 4.99 Å². The highest BCUT2D eigenvalue weighted by Gasteiger charge is 2.46. The number of rotatable bonds is 6. The topological polar surface area (TPSA) is 59.0 Å². The van der Waals surface area contributed by atoms with E-state index in [-0.39, 0.29) is 23.6 Å². The predicted molar refractivity (Wildman–Crippen MR) is 115 cm³/mol. The van der Waals surface area contributed by atoms with Crippen LogP contribution in [0.5, 0.6) is 5.75 Å². The molecule has 148 valence electrons. The van der Waals surface area contributed by atoms with Gasteiger partial charge in [0.25, 0.3) is 0 Å². The number of hydrogen-bond acceptors (Lipinski definition) is 6. The Morgan fingerprint density at radius 1 is 1.11 bits per heavy atom. The lowest BCUT2D eigenvalue weighted by Crippen LogP contribution is -2.38. The molecule has 0 aromatic heterocycles. The van der Waals surface area contributed by atoms with Gasteiger partial charge in [-0.3, -0.25) is 4.99 Å². The molecule has 1 saturated heterocycles. The van der Waals surface area contributed by atoms with Gasteiger partial charge in [0.05, 0.1) is 30.2 Å². The van der Waals surface area contributed by atoms with Crippen LogP contribution in [0.15, 0.2) is 59.6 Å². The number of aliphatic imine (C=N–C) groups is 1. The van der Waals surface area contributed by atoms with E-state index >= 15 is 0 Å². The third-order valence-corrected chi connectivity index (χ3v) is 7.73. The van der Waals surface area contributed by atoms with E-state index in [1.165, 1.54) is 0 Å². The first kappa shape index (κ1) is 19.6. The first-order chi connectivity index (χ1) is 13.5. The number of nitrogens with zero attached hydrogens (tertiary/aromatic N) is 2. The zero-order valence-corrected chi connectivity index (χ0v) is 17.6. The van der Waals surface area contributed by atoms with E-state index in [0.717, 1.165) is 22.2 Å². The molecule has 2 unspecified atom stereocenters. The highest BCUT2D eigenvalue weighted by Crippen LogP contribution is 2.32. The number of hydrogen-bond donors (Lipinski definition) is 0. The van der Waals surface area contributed by atoms with Gasteiger partial charge in [-0.25, -0.2) is 8.42 Å². The maximum Gasteiger partial charge on any atom is 0.160 e. The average molecular weight is 437 g/mol. The summed E-state index contributed by atoms with van der Waals surface area (Å²) in [5.74, 6) is 1.90. The summed E-state index contributed by atoms with van der Waals surface area (Å²) < 4.78 is 29.9. The van der Waals surface area contributed by atoms with Crippen molar-refractivity contribution < 1.29 is 13.2 Å². The number of halogens is 1. The minimum absolute atomic E-state index is 0.0850. The molecule has 0 radical (unpaired) electrons. The number of para-hydroxylation sites is 1. The summed E-state index contributed by atoms with van der Waals surface area (Å²) in [6, 6.07) is 17.1. The second-order valence-electron chi connectivity index (χ2n) is 6.89. The van der Waals surface area contributed by atoms with Crippen LogP contribution in [0.2, 0.25) is 5.02 Å². The molecule has 5 nitrogen and oxygen atoms in total. The fraction of sp³-hybridized carbons (Fsp3) is 0.350. The highest BCUT2D eigenvalue weighted by molar-refractivity contribution is 8.13. The normalized spacial score (nSPS) is 22.8. The Hall–Kier alpha value is -1.70. The van der Waals surface area contributed by atoms with Gasteiger partial charge in [0.15, 0.2) is 15.0 Å². The van der Waals surface area contributed by atoms with E-state index in [4.69, 9.17) is 21.3 Å². The Labute approximate surface area is 174 Å². The monoisotopic (exact) mass is 436 g/mol. The second-order valence-corrected chi connectivity index (χ2v) is 10.5. The minimum atomic E-state index is -3.03. The van der Waals surface area contributed by atoms with Crippen LogP contribution in [0, 0.1) is 0 Å². The molecule has 1 fully saturated rings. The van der Waals surface area contributed by atoms with Crippen LogP contribution in [0.25, 0.3) is 0 Å². The fourth-order valence-electron chi connectivity index (χ4n) is 3.49. The van der Waals surface area contributed by atoms with Crippen LogP contribution in [0.3, 0.4) is 0 Å². The lowest BCUT2D eigenvalue weighted by molar-refractivity contribution is 0.340. The van der Waals surface area contributed by atoms with Crippen molar-refractivity contribution in [1.82, 2.24) is 4.90 Å². The van der Waals surface area contributed by atoms with E-state index in [1.807, 2.05) is 54.6 Å². The van der Waals surface area contributed by atoms with Crippen molar-refractivity contribution in [3.63, 3.8) is 0 Å². The maximum absolute atomic E-state index is 12.1. The molecule has 2 aliphatic heterocycles. The standard InChI is InChI=1S/C20H21ClN2O3S2/c21-16-8-6-15(7-9-16)12-23-19-14-28(24,25)13-18(19)22-20(23)27-11-10-26-17-4-2-1-3-5-17/h1-9,18-19H,10-14H2. The van der Waals surface area contributed by atoms with Crippen molar-refractivity contribution in [1.29, 1.82) is 0 Å². The van der Waals surface area contributed by atoms with E-state index in [9.17, 15) is 8.42 Å². The molecule has 0 amide bonds. The number of amidine groups is 1. The van der Waals surface area contributed by atoms with Crippen molar-refractivity contribution in [2.75, 3.05) is 23.9 Å². The van der Waals surface area contributed by atoms with E-state index < -0.39 is 9.84 Å². The fourth-order valence-corrected chi connectivity index (χ4v) is 6.42. The van der Waals surface area contributed by atoms with Crippen LogP contribution >= 0.6 is 23.4 Å². The van der Waals surface area contributed by atoms with Gasteiger partial charge in [-0.05, 0) is 29.8 Å². The lowest BCUT2D eigenvalue weighted by atomic mass is 10.1. The van der Waals surface area contributed by atoms with E-state index in [0.29, 0.717) is 18.2 Å². The van der Waals surface area contributed by atoms with Crippen LogP contribution in [-0.2, 0) is 16.4 Å². The summed E-state index contributed by atoms with van der Waals surface area (Å²) in [6.45, 7) is 1.19. The van der Waals surface area contributed by atoms with Gasteiger partial charge in [-0.15, -0.1) is 0 Å². The van der Waals surface area contributed by atoms with Gasteiger partial charge in [0.1, 0.15) is 5.75 Å². The summed E-state index contributed by atoms with van der Waals surface area (Å²) in [4.78, 5) is 6.86. The third kappa shape index (κ3) is 4.64. The second kappa shape index (κ2) is 8.35. The number of fused-ring (bicyclic) bond motifs is 1. The van der Waals surface area contributed by atoms with Crippen LogP contribution in [0.4, 0.5) is 0 Å². The van der Waals surface area contributed by atoms with Gasteiger partial charge in [-0.2, -0.15) is 0 Å². The van der Waals surface area contributed by atoms with Crippen molar-refractivity contribution in [3.05, 3.63) is 65.2 Å². The quantitative estimate of drug-likeness (QED) is 0.649. The summed E-state index contributed by atoms with van der Waals surface area (Å²) in [6.07, 6.45) is 0. The molecule has 4 rings (SSSR count). The van der Waals surface area contributed by atoms with Crippen LogP contribution in [-0.4, -0.2) is 54.4 Å². The Morgan fingerprint density at radius 3 is 2.61 bits per heavy atom. The lowest BCUT2D eigenvalue weighted by Gasteiger charge is -2.26. The summed E-state index contributed by atoms with van der Waals surface area (Å²) in [5.41, 5.74) is 1.09. The average Bonchev–Trinajstić information content (AvgIpc) is 3.14. The largest absolute Gasteiger partial charge is 0.493 e. The number of ether oxygens (including phenoxy) is 1. The summed E-state index contributed by atoms with van der Waals surface area (Å²) in [5, 5.41) is 1.59. The number of thioether (sulfide) groups is 1. The van der Waals surface area contributed by atoms with E-state index in [1.54, 1.807) is 11.8 Å². The van der Waals surface area contributed by atoms with Crippen LogP contribution in [0.1, 0.15) is 5.56 Å². The first-order valence-electron chi connectivity index (χ1n) is 9.10. The molecule has 8 heteroatoms. The molecule has 2 aromatic carbocycles. The summed E-state index contributed by atoms with van der Waals surface area (Å²) in [7, 11) is -3.03. The van der Waals surface area contributed by atoms with Gasteiger partial charge >= 0.3 is 0 Å². The summed E-state index contributed by atoms with van der Waals surface area (Å²) >= 11 is 7.60. The SMILES string of the molecule is O=S1(=O)CC2N=C(SCCOc3ccccc3)N(Cc3ccc(Cl)cc3)C2C1. The molecule has 0 saturated carbocycles. The van der Waals surface area contributed by atoms with Crippen molar-refractivity contribution >= 4 is 38.4 Å². The molecular formula is C20H21ClN2O3S2. The molecular weight excluding hydrogens is 416 g/mol. The van der Waals surface area contributed by atoms with Gasteiger partial charge in [0, 0.05) is 17.3 Å². The molecule has 0 spiro atoms. The first-order valence-corrected chi connectivity index (χ1v) is 12.3. The zero-order valence-electron chi connectivity index (χ0n) is 15.2. The van der Waals surface area contributed by atoms with E-state index in [2.05, 4.69) is 4.90 Å². The molecule has 2 atom stereocenters. The van der Waals surface area contributed by atoms with Crippen molar-refractivity contribution in [3.8, 4) is 5.75 Å². The smallest absolute Gasteiger partial charge is 0.160 e. The molecule has 0 bridgehead atoms. The zero-order chi connectivity index (χ0) is 19.6. The maximum atomic E-state index is 12.1.